The standard InChI is InChI=1S/C64H114N4O8/c1-6-7-8-9-10-11-12-13-14-15-16-17-18-19-23-28-60(72)66-53-34-36-63(3)52(44-53)30-31-56-58-33-32-57(64(58,4)37-35-59(56)63)50(2)26-25-39-67(47-61(73)65-38-40-76-42-41-75-5)46-55(71)27-22-20-21-24-29-62(74)68-45-51(48-69)43-54(68)49-70/h13-14,50-54,56-59,69-70H,6-12,15-49H2,1-5H3,(H,65,73)(H,66,72)/b14-13-/t50-,51-,52?,53+,54+,56?,57-,58?,59?,63+,64-/m1/s1. The van der Waals surface area contributed by atoms with Crippen LogP contribution >= 0.6 is 0 Å². The minimum atomic E-state index is -0.200. The fourth-order valence-corrected chi connectivity index (χ4v) is 15.9. The third kappa shape index (κ3) is 20.6. The van der Waals surface area contributed by atoms with Gasteiger partial charge < -0.3 is 35.2 Å². The largest absolute Gasteiger partial charge is 0.396 e. The van der Waals surface area contributed by atoms with Crippen molar-refractivity contribution in [1.29, 1.82) is 0 Å². The van der Waals surface area contributed by atoms with Crippen LogP contribution in [-0.4, -0.2) is 128 Å². The number of amides is 3. The summed E-state index contributed by atoms with van der Waals surface area (Å²) in [4.78, 5) is 56.4. The first-order chi connectivity index (χ1) is 36.9. The van der Waals surface area contributed by atoms with Gasteiger partial charge >= 0.3 is 0 Å². The normalized spacial score (nSPS) is 28.6. The Morgan fingerprint density at radius 3 is 2.08 bits per heavy atom. The van der Waals surface area contributed by atoms with Crippen LogP contribution in [-0.2, 0) is 28.7 Å². The molecule has 4 N–H and O–H groups in total. The number of unbranched alkanes of at least 4 members (excludes halogenated alkanes) is 14. The lowest BCUT2D eigenvalue weighted by Gasteiger charge is -2.61. The topological polar surface area (TPSA) is 158 Å². The molecule has 12 nitrogen and oxygen atoms in total. The highest BCUT2D eigenvalue weighted by Gasteiger charge is 2.60. The molecule has 0 spiro atoms. The average molecular weight is 1070 g/mol. The molecule has 0 aromatic heterocycles. The Balaban J connectivity index is 0.999. The molecule has 5 fully saturated rings. The number of methoxy groups -OCH3 is 1. The van der Waals surface area contributed by atoms with Crippen molar-refractivity contribution in [1.82, 2.24) is 20.4 Å². The molecule has 11 atom stereocenters. The summed E-state index contributed by atoms with van der Waals surface area (Å²) in [7, 11) is 1.64. The summed E-state index contributed by atoms with van der Waals surface area (Å²) in [6, 6.07) is 0.143. The van der Waals surface area contributed by atoms with Crippen molar-refractivity contribution in [2.45, 2.75) is 245 Å². The van der Waals surface area contributed by atoms with E-state index in [1.807, 2.05) is 0 Å². The maximum atomic E-state index is 13.4. The highest BCUT2D eigenvalue weighted by molar-refractivity contribution is 5.82. The molecular formula is C64H114N4O8. The van der Waals surface area contributed by atoms with Crippen LogP contribution in [0.5, 0.6) is 0 Å². The van der Waals surface area contributed by atoms with Crippen LogP contribution in [0.1, 0.15) is 233 Å². The molecule has 4 aliphatic carbocycles. The molecule has 4 unspecified atom stereocenters. The first-order valence-corrected chi connectivity index (χ1v) is 31.9. The number of carbonyl (C=O) groups is 4. The van der Waals surface area contributed by atoms with Crippen molar-refractivity contribution < 1.29 is 38.9 Å². The number of likely N-dealkylation sites (tertiary alicyclic amines) is 1. The lowest BCUT2D eigenvalue weighted by Crippen LogP contribution is -2.55. The first-order valence-electron chi connectivity index (χ1n) is 31.9. The number of aliphatic hydroxyl groups excluding tert-OH is 2. The molecule has 0 aromatic carbocycles. The molecule has 0 radical (unpaired) electrons. The summed E-state index contributed by atoms with van der Waals surface area (Å²) in [5, 5.41) is 25.8. The summed E-state index contributed by atoms with van der Waals surface area (Å²) in [6.45, 7) is 13.5. The molecule has 4 saturated carbocycles. The van der Waals surface area contributed by atoms with E-state index >= 15 is 0 Å². The zero-order valence-electron chi connectivity index (χ0n) is 49.3. The van der Waals surface area contributed by atoms with E-state index in [0.29, 0.717) is 93.2 Å². The lowest BCUT2D eigenvalue weighted by molar-refractivity contribution is -0.133. The number of rotatable bonds is 40. The summed E-state index contributed by atoms with van der Waals surface area (Å²) in [5.74, 6) is 4.84. The highest BCUT2D eigenvalue weighted by Crippen LogP contribution is 2.68. The van der Waals surface area contributed by atoms with E-state index < -0.39 is 0 Å². The van der Waals surface area contributed by atoms with Gasteiger partial charge in [-0.1, -0.05) is 104 Å². The summed E-state index contributed by atoms with van der Waals surface area (Å²) < 4.78 is 10.6. The summed E-state index contributed by atoms with van der Waals surface area (Å²) in [5.41, 5.74) is 0.750. The monoisotopic (exact) mass is 1070 g/mol. The van der Waals surface area contributed by atoms with E-state index in [4.69, 9.17) is 9.47 Å². The van der Waals surface area contributed by atoms with Gasteiger partial charge in [-0.2, -0.15) is 0 Å². The van der Waals surface area contributed by atoms with Gasteiger partial charge in [0.1, 0.15) is 5.78 Å². The molecule has 0 bridgehead atoms. The zero-order chi connectivity index (χ0) is 54.6. The van der Waals surface area contributed by atoms with E-state index in [9.17, 15) is 29.4 Å². The van der Waals surface area contributed by atoms with Gasteiger partial charge in [0.15, 0.2) is 0 Å². The molecule has 12 heteroatoms. The number of fused-ring (bicyclic) bond motifs is 5. The zero-order valence-corrected chi connectivity index (χ0v) is 49.3. The van der Waals surface area contributed by atoms with Crippen LogP contribution in [0.15, 0.2) is 12.2 Å². The Bertz CT molecular complexity index is 1700. The number of ether oxygens (including phenoxy) is 2. The van der Waals surface area contributed by atoms with E-state index in [1.54, 1.807) is 12.0 Å². The van der Waals surface area contributed by atoms with Crippen molar-refractivity contribution in [2.75, 3.05) is 72.9 Å². The van der Waals surface area contributed by atoms with Crippen LogP contribution in [0.25, 0.3) is 0 Å². The van der Waals surface area contributed by atoms with Gasteiger partial charge in [0.25, 0.3) is 0 Å². The number of hydrogen-bond acceptors (Lipinski definition) is 9. The third-order valence-corrected chi connectivity index (χ3v) is 20.2. The number of Topliss-reactive ketones (excluding diaryl/α,β-unsaturated/α-hetero) is 1. The fourth-order valence-electron chi connectivity index (χ4n) is 15.9. The van der Waals surface area contributed by atoms with Gasteiger partial charge in [0.05, 0.1) is 45.6 Å². The van der Waals surface area contributed by atoms with Gasteiger partial charge in [-0.15, -0.1) is 0 Å². The summed E-state index contributed by atoms with van der Waals surface area (Å²) >= 11 is 0. The van der Waals surface area contributed by atoms with Crippen molar-refractivity contribution in [3.63, 3.8) is 0 Å². The molecule has 438 valence electrons. The Labute approximate surface area is 463 Å². The van der Waals surface area contributed by atoms with Crippen LogP contribution in [0.3, 0.4) is 0 Å². The fraction of sp³-hybridized carbons (Fsp3) is 0.906. The van der Waals surface area contributed by atoms with E-state index in [2.05, 4.69) is 55.4 Å². The number of aliphatic hydroxyl groups is 2. The number of hydrogen-bond donors (Lipinski definition) is 4. The quantitative estimate of drug-likeness (QED) is 0.0346. The van der Waals surface area contributed by atoms with Gasteiger partial charge in [0, 0.05) is 58.0 Å². The van der Waals surface area contributed by atoms with Crippen LogP contribution < -0.4 is 10.6 Å². The van der Waals surface area contributed by atoms with Crippen molar-refractivity contribution in [3.8, 4) is 0 Å². The van der Waals surface area contributed by atoms with Crippen LogP contribution in [0.4, 0.5) is 0 Å². The molecule has 3 amide bonds. The van der Waals surface area contributed by atoms with Crippen molar-refractivity contribution >= 4 is 23.5 Å². The maximum Gasteiger partial charge on any atom is 0.234 e. The predicted octanol–water partition coefficient (Wildman–Crippen LogP) is 11.8. The SMILES string of the molecule is CCCCCCCC/C=C\CCCCCCCC(=O)N[C@H]1CC[C@@]2(C)C(CCC3C2CC[C@@]2(C)C3CC[C@@H]2[C@H](C)CCCN(CC(=O)CCCCCCC(=O)N2C[C@H](CO)C[C@H]2CO)CC(=O)NCCOCCOC)C1. The van der Waals surface area contributed by atoms with Gasteiger partial charge in [-0.05, 0) is 175 Å². The minimum Gasteiger partial charge on any atom is -0.396 e. The summed E-state index contributed by atoms with van der Waals surface area (Å²) in [6.07, 6.45) is 40.4. The van der Waals surface area contributed by atoms with Crippen LogP contribution in [0.2, 0.25) is 0 Å². The maximum absolute atomic E-state index is 13.4. The van der Waals surface area contributed by atoms with E-state index in [1.165, 1.54) is 116 Å². The lowest BCUT2D eigenvalue weighted by atomic mass is 9.44. The molecular weight excluding hydrogens is 953 g/mol. The Morgan fingerprint density at radius 2 is 1.37 bits per heavy atom. The highest BCUT2D eigenvalue weighted by atomic mass is 16.5. The van der Waals surface area contributed by atoms with Crippen LogP contribution in [0, 0.1) is 52.3 Å². The number of carbonyl (C=O) groups excluding carboxylic acids is 4. The number of ketones is 1. The van der Waals surface area contributed by atoms with Crippen molar-refractivity contribution in [3.05, 3.63) is 12.2 Å². The smallest absolute Gasteiger partial charge is 0.234 e. The molecule has 5 aliphatic rings. The number of allylic oxidation sites excluding steroid dienone is 2. The molecule has 0 aromatic rings. The van der Waals surface area contributed by atoms with Gasteiger partial charge in [-0.25, -0.2) is 0 Å². The second-order valence-electron chi connectivity index (χ2n) is 25.7. The first kappa shape index (κ1) is 64.4. The molecule has 5 rings (SSSR count). The molecule has 1 aliphatic heterocycles. The Kier molecular flexibility index (Phi) is 30.0. The number of nitrogens with one attached hydrogen (secondary N) is 2. The molecule has 1 saturated heterocycles. The van der Waals surface area contributed by atoms with Gasteiger partial charge in [-0.3, -0.25) is 24.1 Å². The van der Waals surface area contributed by atoms with E-state index in [0.717, 1.165) is 88.5 Å². The van der Waals surface area contributed by atoms with Gasteiger partial charge in [0.2, 0.25) is 17.7 Å². The molecule has 1 heterocycles. The Hall–Kier alpha value is -2.38. The minimum absolute atomic E-state index is 0.0341. The van der Waals surface area contributed by atoms with Crippen molar-refractivity contribution in [2.24, 2.45) is 52.3 Å². The van der Waals surface area contributed by atoms with E-state index in [-0.39, 0.29) is 61.8 Å². The third-order valence-electron chi connectivity index (χ3n) is 20.2. The second-order valence-corrected chi connectivity index (χ2v) is 25.7. The second kappa shape index (κ2) is 35.4. The average Bonchev–Trinajstić information content (AvgIpc) is 4.09. The predicted molar refractivity (Wildman–Crippen MR) is 308 cm³/mol. The molecule has 76 heavy (non-hydrogen) atoms. The number of nitrogens with zero attached hydrogens (tertiary/aromatic N) is 2. The Morgan fingerprint density at radius 1 is 0.697 bits per heavy atom.